The lowest BCUT2D eigenvalue weighted by Gasteiger charge is -2.23. The highest BCUT2D eigenvalue weighted by molar-refractivity contribution is 6.04. The minimum absolute atomic E-state index is 0.138. The van der Waals surface area contributed by atoms with Crippen LogP contribution in [0.5, 0.6) is 0 Å². The zero-order valence-corrected chi connectivity index (χ0v) is 16.2. The van der Waals surface area contributed by atoms with Crippen molar-refractivity contribution in [2.45, 2.75) is 33.2 Å². The van der Waals surface area contributed by atoms with Crippen molar-refractivity contribution in [1.29, 1.82) is 0 Å². The molecule has 5 nitrogen and oxygen atoms in total. The van der Waals surface area contributed by atoms with Gasteiger partial charge in [-0.05, 0) is 29.5 Å². The predicted molar refractivity (Wildman–Crippen MR) is 108 cm³/mol. The van der Waals surface area contributed by atoms with Gasteiger partial charge >= 0.3 is 0 Å². The quantitative estimate of drug-likeness (QED) is 0.753. The fraction of sp³-hybridized carbons (Fsp3) is 0.318. The van der Waals surface area contributed by atoms with Gasteiger partial charge in [-0.25, -0.2) is 4.68 Å². The van der Waals surface area contributed by atoms with E-state index in [9.17, 15) is 9.59 Å². The van der Waals surface area contributed by atoms with Crippen molar-refractivity contribution in [3.05, 3.63) is 75.7 Å². The molecule has 0 spiro atoms. The first-order valence-corrected chi connectivity index (χ1v) is 9.28. The number of benzene rings is 2. The van der Waals surface area contributed by atoms with Crippen LogP contribution in [0.3, 0.4) is 0 Å². The van der Waals surface area contributed by atoms with E-state index in [0.717, 1.165) is 12.0 Å². The van der Waals surface area contributed by atoms with Crippen LogP contribution in [-0.2, 0) is 13.5 Å². The van der Waals surface area contributed by atoms with Crippen molar-refractivity contribution in [2.24, 2.45) is 13.0 Å². The van der Waals surface area contributed by atoms with Crippen molar-refractivity contribution in [2.75, 3.05) is 0 Å². The fourth-order valence-corrected chi connectivity index (χ4v) is 3.27. The van der Waals surface area contributed by atoms with E-state index in [2.05, 4.69) is 55.5 Å². The van der Waals surface area contributed by atoms with Crippen molar-refractivity contribution >= 4 is 16.7 Å². The summed E-state index contributed by atoms with van der Waals surface area (Å²) in [6, 6.07) is 15.3. The molecule has 0 saturated heterocycles. The number of nitrogens with one attached hydrogen (secondary N) is 1. The first-order valence-electron chi connectivity index (χ1n) is 9.28. The number of aromatic nitrogens is 2. The first-order chi connectivity index (χ1) is 12.9. The zero-order valence-electron chi connectivity index (χ0n) is 16.2. The molecule has 1 N–H and O–H groups in total. The Bertz CT molecular complexity index is 1020. The third kappa shape index (κ3) is 3.77. The zero-order chi connectivity index (χ0) is 19.6. The van der Waals surface area contributed by atoms with E-state index >= 15 is 0 Å². The summed E-state index contributed by atoms with van der Waals surface area (Å²) >= 11 is 0. The summed E-state index contributed by atoms with van der Waals surface area (Å²) in [7, 11) is 1.56. The molecular formula is C22H25N3O2. The second-order valence-electron chi connectivity index (χ2n) is 7.11. The van der Waals surface area contributed by atoms with E-state index in [1.807, 2.05) is 6.07 Å². The van der Waals surface area contributed by atoms with Gasteiger partial charge in [0.2, 0.25) is 0 Å². The maximum Gasteiger partial charge on any atom is 0.274 e. The molecule has 0 bridgehead atoms. The van der Waals surface area contributed by atoms with E-state index in [0.29, 0.717) is 10.8 Å². The Hall–Kier alpha value is -2.95. The summed E-state index contributed by atoms with van der Waals surface area (Å²) in [5.74, 6) is -0.0692. The van der Waals surface area contributed by atoms with Gasteiger partial charge in [0.15, 0.2) is 5.69 Å². The smallest absolute Gasteiger partial charge is 0.274 e. The highest BCUT2D eigenvalue weighted by Gasteiger charge is 2.22. The summed E-state index contributed by atoms with van der Waals surface area (Å²) in [4.78, 5) is 25.3. The van der Waals surface area contributed by atoms with Crippen molar-refractivity contribution < 1.29 is 4.79 Å². The molecule has 0 aliphatic rings. The first kappa shape index (κ1) is 18.8. The molecule has 2 aromatic carbocycles. The molecule has 3 rings (SSSR count). The van der Waals surface area contributed by atoms with Crippen LogP contribution in [0.1, 0.15) is 48.4 Å². The van der Waals surface area contributed by atoms with Crippen LogP contribution in [-0.4, -0.2) is 15.7 Å². The SMILES string of the molecule is CCc1ccc([C@H](NC(=O)c2nn(C)c(=O)c3ccccc23)C(C)C)cc1. The van der Waals surface area contributed by atoms with Gasteiger partial charge in [0, 0.05) is 12.4 Å². The number of fused-ring (bicyclic) bond motifs is 1. The van der Waals surface area contributed by atoms with Gasteiger partial charge in [-0.3, -0.25) is 9.59 Å². The highest BCUT2D eigenvalue weighted by atomic mass is 16.2. The molecule has 27 heavy (non-hydrogen) atoms. The Morgan fingerprint density at radius 3 is 2.30 bits per heavy atom. The molecule has 0 aliphatic heterocycles. The average Bonchev–Trinajstić information content (AvgIpc) is 2.68. The molecule has 140 valence electrons. The second kappa shape index (κ2) is 7.74. The maximum absolute atomic E-state index is 13.0. The Kier molecular flexibility index (Phi) is 5.40. The largest absolute Gasteiger partial charge is 0.344 e. The predicted octanol–water partition coefficient (Wildman–Crippen LogP) is 3.62. The number of aryl methyl sites for hydroxylation is 2. The van der Waals surface area contributed by atoms with Crippen LogP contribution in [0.2, 0.25) is 0 Å². The molecule has 0 radical (unpaired) electrons. The second-order valence-corrected chi connectivity index (χ2v) is 7.11. The summed E-state index contributed by atoms with van der Waals surface area (Å²) < 4.78 is 1.22. The van der Waals surface area contributed by atoms with Crippen molar-refractivity contribution in [1.82, 2.24) is 15.1 Å². The summed E-state index contributed by atoms with van der Waals surface area (Å²) in [5.41, 5.74) is 2.38. The van der Waals surface area contributed by atoms with Crippen LogP contribution < -0.4 is 10.9 Å². The van der Waals surface area contributed by atoms with Crippen LogP contribution >= 0.6 is 0 Å². The number of carbonyl (C=O) groups excluding carboxylic acids is 1. The number of rotatable bonds is 5. The average molecular weight is 363 g/mol. The van der Waals surface area contributed by atoms with Gasteiger partial charge < -0.3 is 5.32 Å². The number of nitrogens with zero attached hydrogens (tertiary/aromatic N) is 2. The van der Waals surface area contributed by atoms with Gasteiger partial charge in [-0.2, -0.15) is 5.10 Å². The summed E-state index contributed by atoms with van der Waals surface area (Å²) in [6.45, 7) is 6.27. The Morgan fingerprint density at radius 2 is 1.70 bits per heavy atom. The topological polar surface area (TPSA) is 64.0 Å². The van der Waals surface area contributed by atoms with E-state index in [4.69, 9.17) is 0 Å². The third-order valence-corrected chi connectivity index (χ3v) is 4.87. The molecule has 5 heteroatoms. The Morgan fingerprint density at radius 1 is 1.07 bits per heavy atom. The Labute approximate surface area is 159 Å². The lowest BCUT2D eigenvalue weighted by Crippen LogP contribution is -2.34. The molecule has 0 saturated carbocycles. The standard InChI is InChI=1S/C22H25N3O2/c1-5-15-10-12-16(13-11-15)19(14(2)3)23-21(26)20-17-8-6-7-9-18(17)22(27)25(4)24-20/h6-14,19H,5H2,1-4H3,(H,23,26)/t19-/m1/s1. The van der Waals surface area contributed by atoms with E-state index in [-0.39, 0.29) is 29.1 Å². The molecule has 0 aliphatic carbocycles. The van der Waals surface area contributed by atoms with Gasteiger partial charge in [0.25, 0.3) is 11.5 Å². The lowest BCUT2D eigenvalue weighted by molar-refractivity contribution is 0.0920. The fourth-order valence-electron chi connectivity index (χ4n) is 3.27. The molecule has 3 aromatic rings. The van der Waals surface area contributed by atoms with Crippen LogP contribution in [0.4, 0.5) is 0 Å². The number of amides is 1. The van der Waals surface area contributed by atoms with Crippen molar-refractivity contribution in [3.63, 3.8) is 0 Å². The van der Waals surface area contributed by atoms with E-state index in [1.165, 1.54) is 10.2 Å². The lowest BCUT2D eigenvalue weighted by atomic mass is 9.94. The molecule has 1 amide bonds. The van der Waals surface area contributed by atoms with Crippen molar-refractivity contribution in [3.8, 4) is 0 Å². The number of hydrogen-bond donors (Lipinski definition) is 1. The van der Waals surface area contributed by atoms with Gasteiger partial charge in [0.1, 0.15) is 0 Å². The van der Waals surface area contributed by atoms with E-state index in [1.54, 1.807) is 25.2 Å². The van der Waals surface area contributed by atoms with Gasteiger partial charge in [-0.15, -0.1) is 0 Å². The van der Waals surface area contributed by atoms with E-state index < -0.39 is 0 Å². The van der Waals surface area contributed by atoms with Gasteiger partial charge in [-0.1, -0.05) is 63.2 Å². The monoisotopic (exact) mass is 363 g/mol. The highest BCUT2D eigenvalue weighted by Crippen LogP contribution is 2.23. The molecular weight excluding hydrogens is 338 g/mol. The minimum atomic E-state index is -0.278. The van der Waals surface area contributed by atoms with Crippen LogP contribution in [0.15, 0.2) is 53.3 Å². The molecule has 0 unspecified atom stereocenters. The molecule has 1 aromatic heterocycles. The number of carbonyl (C=O) groups is 1. The third-order valence-electron chi connectivity index (χ3n) is 4.87. The Balaban J connectivity index is 1.98. The summed E-state index contributed by atoms with van der Waals surface area (Å²) in [6.07, 6.45) is 0.979. The van der Waals surface area contributed by atoms with Gasteiger partial charge in [0.05, 0.1) is 11.4 Å². The maximum atomic E-state index is 13.0. The normalized spacial score (nSPS) is 12.3. The minimum Gasteiger partial charge on any atom is -0.344 e. The molecule has 1 atom stereocenters. The number of hydrogen-bond acceptors (Lipinski definition) is 3. The molecule has 0 fully saturated rings. The molecule has 1 heterocycles. The summed E-state index contributed by atoms with van der Waals surface area (Å²) in [5, 5.41) is 8.40. The van der Waals surface area contributed by atoms with Crippen LogP contribution in [0.25, 0.3) is 10.8 Å². The van der Waals surface area contributed by atoms with Crippen LogP contribution in [0, 0.1) is 5.92 Å².